The van der Waals surface area contributed by atoms with Gasteiger partial charge in [-0.25, -0.2) is 9.78 Å². The fourth-order valence-corrected chi connectivity index (χ4v) is 0.890. The van der Waals surface area contributed by atoms with E-state index >= 15 is 0 Å². The molecule has 0 spiro atoms. The molecule has 1 rings (SSSR count). The lowest BCUT2D eigenvalue weighted by molar-refractivity contribution is 0.0600. The second-order valence-electron chi connectivity index (χ2n) is 2.05. The van der Waals surface area contributed by atoms with Gasteiger partial charge in [-0.05, 0) is 0 Å². The molecule has 0 aliphatic carbocycles. The molecule has 0 radical (unpaired) electrons. The Morgan fingerprint density at radius 3 is 2.69 bits per heavy atom. The van der Waals surface area contributed by atoms with E-state index in [9.17, 15) is 4.79 Å². The van der Waals surface area contributed by atoms with E-state index in [4.69, 9.17) is 16.3 Å². The van der Waals surface area contributed by atoms with Crippen LogP contribution in [0.15, 0.2) is 6.20 Å². The lowest BCUT2D eigenvalue weighted by Crippen LogP contribution is -2.05. The van der Waals surface area contributed by atoms with Crippen molar-refractivity contribution in [2.75, 3.05) is 14.2 Å². The summed E-state index contributed by atoms with van der Waals surface area (Å²) in [5.74, 6) is -0.576. The monoisotopic (exact) mass is 202 g/mol. The first-order chi connectivity index (χ1) is 6.19. The smallest absolute Gasteiger partial charge is 0.342 e. The van der Waals surface area contributed by atoms with Crippen LogP contribution in [0.5, 0.6) is 6.01 Å². The predicted octanol–water partition coefficient (Wildman–Crippen LogP) is 0.925. The maximum absolute atomic E-state index is 11.0. The standard InChI is InChI=1S/C7H7ClN2O3/c1-12-6(11)4-3-9-7(13-2)10-5(4)8/h3H,1-2H3. The van der Waals surface area contributed by atoms with Crippen molar-refractivity contribution in [1.82, 2.24) is 9.97 Å². The summed E-state index contributed by atoms with van der Waals surface area (Å²) in [7, 11) is 2.66. The van der Waals surface area contributed by atoms with E-state index in [2.05, 4.69) is 14.7 Å². The van der Waals surface area contributed by atoms with Crippen LogP contribution in [0, 0.1) is 0 Å². The maximum atomic E-state index is 11.0. The van der Waals surface area contributed by atoms with Gasteiger partial charge in [-0.2, -0.15) is 4.98 Å². The largest absolute Gasteiger partial charge is 0.467 e. The SMILES string of the molecule is COC(=O)c1cnc(OC)nc1Cl. The molecule has 6 heteroatoms. The van der Waals surface area contributed by atoms with E-state index in [1.165, 1.54) is 20.4 Å². The van der Waals surface area contributed by atoms with Crippen molar-refractivity contribution in [2.45, 2.75) is 0 Å². The summed E-state index contributed by atoms with van der Waals surface area (Å²) >= 11 is 5.65. The summed E-state index contributed by atoms with van der Waals surface area (Å²) in [4.78, 5) is 18.4. The van der Waals surface area contributed by atoms with Gasteiger partial charge in [0.05, 0.1) is 20.4 Å². The number of hydrogen-bond donors (Lipinski definition) is 0. The summed E-state index contributed by atoms with van der Waals surface area (Å²) < 4.78 is 9.15. The Morgan fingerprint density at radius 2 is 2.23 bits per heavy atom. The zero-order chi connectivity index (χ0) is 9.84. The first kappa shape index (κ1) is 9.73. The van der Waals surface area contributed by atoms with E-state index in [1.807, 2.05) is 0 Å². The number of hydrogen-bond acceptors (Lipinski definition) is 5. The van der Waals surface area contributed by atoms with Gasteiger partial charge in [-0.15, -0.1) is 0 Å². The van der Waals surface area contributed by atoms with Crippen LogP contribution < -0.4 is 4.74 Å². The number of nitrogens with zero attached hydrogens (tertiary/aromatic N) is 2. The van der Waals surface area contributed by atoms with Crippen molar-refractivity contribution >= 4 is 17.6 Å². The molecule has 0 fully saturated rings. The van der Waals surface area contributed by atoms with Crippen molar-refractivity contribution in [3.63, 3.8) is 0 Å². The summed E-state index contributed by atoms with van der Waals surface area (Å²) in [6.45, 7) is 0. The topological polar surface area (TPSA) is 61.3 Å². The molecular weight excluding hydrogens is 196 g/mol. The minimum Gasteiger partial charge on any atom is -0.467 e. The zero-order valence-corrected chi connectivity index (χ0v) is 7.83. The van der Waals surface area contributed by atoms with Crippen LogP contribution in [0.3, 0.4) is 0 Å². The molecule has 0 aliphatic heterocycles. The fraction of sp³-hybridized carbons (Fsp3) is 0.286. The molecule has 0 aromatic carbocycles. The minimum atomic E-state index is -0.576. The fourth-order valence-electron chi connectivity index (χ4n) is 0.691. The van der Waals surface area contributed by atoms with E-state index in [-0.39, 0.29) is 16.7 Å². The quantitative estimate of drug-likeness (QED) is 0.527. The Morgan fingerprint density at radius 1 is 1.54 bits per heavy atom. The zero-order valence-electron chi connectivity index (χ0n) is 7.07. The average molecular weight is 203 g/mol. The Hall–Kier alpha value is -1.36. The number of halogens is 1. The van der Waals surface area contributed by atoms with Crippen molar-refractivity contribution in [2.24, 2.45) is 0 Å². The van der Waals surface area contributed by atoms with Gasteiger partial charge < -0.3 is 9.47 Å². The van der Waals surface area contributed by atoms with Gasteiger partial charge in [0.2, 0.25) is 0 Å². The highest BCUT2D eigenvalue weighted by Crippen LogP contribution is 2.15. The number of methoxy groups -OCH3 is 2. The average Bonchev–Trinajstić information content (AvgIpc) is 2.16. The predicted molar refractivity (Wildman–Crippen MR) is 44.9 cm³/mol. The molecule has 1 aromatic heterocycles. The van der Waals surface area contributed by atoms with Crippen LogP contribution in [0.2, 0.25) is 5.15 Å². The molecule has 0 saturated carbocycles. The van der Waals surface area contributed by atoms with Crippen LogP contribution >= 0.6 is 11.6 Å². The van der Waals surface area contributed by atoms with Crippen LogP contribution in [0.25, 0.3) is 0 Å². The van der Waals surface area contributed by atoms with Gasteiger partial charge >= 0.3 is 12.0 Å². The van der Waals surface area contributed by atoms with Gasteiger partial charge in [-0.3, -0.25) is 0 Å². The highest BCUT2D eigenvalue weighted by Gasteiger charge is 2.13. The number of esters is 1. The van der Waals surface area contributed by atoms with Crippen molar-refractivity contribution < 1.29 is 14.3 Å². The third-order valence-electron chi connectivity index (χ3n) is 1.31. The van der Waals surface area contributed by atoms with E-state index < -0.39 is 5.97 Å². The molecule has 0 aliphatic rings. The van der Waals surface area contributed by atoms with Crippen LogP contribution in [-0.4, -0.2) is 30.2 Å². The van der Waals surface area contributed by atoms with E-state index in [1.54, 1.807) is 0 Å². The summed E-state index contributed by atoms with van der Waals surface area (Å²) in [5.41, 5.74) is 0.116. The summed E-state index contributed by atoms with van der Waals surface area (Å²) in [5, 5.41) is 0.0127. The number of carbonyl (C=O) groups excluding carboxylic acids is 1. The Labute approximate surface area is 79.7 Å². The molecule has 13 heavy (non-hydrogen) atoms. The second-order valence-corrected chi connectivity index (χ2v) is 2.41. The van der Waals surface area contributed by atoms with Crippen molar-refractivity contribution in [1.29, 1.82) is 0 Å². The van der Waals surface area contributed by atoms with E-state index in [0.29, 0.717) is 0 Å². The first-order valence-electron chi connectivity index (χ1n) is 3.34. The molecule has 70 valence electrons. The van der Waals surface area contributed by atoms with Gasteiger partial charge in [0, 0.05) is 0 Å². The molecule has 0 atom stereocenters. The Balaban J connectivity index is 3.05. The molecule has 1 aromatic rings. The van der Waals surface area contributed by atoms with Gasteiger partial charge in [0.1, 0.15) is 5.56 Å². The summed E-state index contributed by atoms with van der Waals surface area (Å²) in [6, 6.07) is 0.109. The molecule has 0 unspecified atom stereocenters. The second kappa shape index (κ2) is 4.04. The first-order valence-corrected chi connectivity index (χ1v) is 3.71. The van der Waals surface area contributed by atoms with Crippen molar-refractivity contribution in [3.05, 3.63) is 16.9 Å². The molecule has 0 amide bonds. The number of rotatable bonds is 2. The minimum absolute atomic E-state index is 0.0127. The van der Waals surface area contributed by atoms with Crippen molar-refractivity contribution in [3.8, 4) is 6.01 Å². The third-order valence-corrected chi connectivity index (χ3v) is 1.60. The third kappa shape index (κ3) is 2.06. The number of carbonyl (C=O) groups is 1. The van der Waals surface area contributed by atoms with Crippen LogP contribution in [-0.2, 0) is 4.74 Å². The Bertz CT molecular complexity index is 330. The molecule has 0 saturated heterocycles. The molecule has 1 heterocycles. The lowest BCUT2D eigenvalue weighted by Gasteiger charge is -2.01. The molecular formula is C7H7ClN2O3. The summed E-state index contributed by atoms with van der Waals surface area (Å²) in [6.07, 6.45) is 1.25. The van der Waals surface area contributed by atoms with Crippen LogP contribution in [0.4, 0.5) is 0 Å². The van der Waals surface area contributed by atoms with Gasteiger partial charge in [0.15, 0.2) is 5.15 Å². The highest BCUT2D eigenvalue weighted by molar-refractivity contribution is 6.32. The molecule has 0 bridgehead atoms. The van der Waals surface area contributed by atoms with Crippen LogP contribution in [0.1, 0.15) is 10.4 Å². The van der Waals surface area contributed by atoms with E-state index in [0.717, 1.165) is 0 Å². The maximum Gasteiger partial charge on any atom is 0.342 e. The number of aromatic nitrogens is 2. The van der Waals surface area contributed by atoms with Gasteiger partial charge in [-0.1, -0.05) is 11.6 Å². The molecule has 0 N–H and O–H groups in total. The van der Waals surface area contributed by atoms with Gasteiger partial charge in [0.25, 0.3) is 0 Å². The highest BCUT2D eigenvalue weighted by atomic mass is 35.5. The normalized spacial score (nSPS) is 9.46. The number of ether oxygens (including phenoxy) is 2. The Kier molecular flexibility index (Phi) is 3.02. The lowest BCUT2D eigenvalue weighted by atomic mass is 10.3. The molecule has 5 nitrogen and oxygen atoms in total.